The van der Waals surface area contributed by atoms with E-state index >= 15 is 0 Å². The Morgan fingerprint density at radius 1 is 1.27 bits per heavy atom. The van der Waals surface area contributed by atoms with Gasteiger partial charge in [0.25, 0.3) is 0 Å². The van der Waals surface area contributed by atoms with Crippen LogP contribution >= 0.6 is 0 Å². The lowest BCUT2D eigenvalue weighted by Crippen LogP contribution is -2.16. The molecule has 15 heavy (non-hydrogen) atoms. The van der Waals surface area contributed by atoms with E-state index in [1.54, 1.807) is 13.0 Å². The summed E-state index contributed by atoms with van der Waals surface area (Å²) in [6, 6.07) is 0. The molecule has 0 aliphatic rings. The van der Waals surface area contributed by atoms with Crippen molar-refractivity contribution < 1.29 is 15.0 Å². The molecule has 88 valence electrons. The molecule has 0 saturated heterocycles. The predicted molar refractivity (Wildman–Crippen MR) is 59.8 cm³/mol. The zero-order chi connectivity index (χ0) is 11.5. The average Bonchev–Trinajstić information content (AvgIpc) is 2.21. The van der Waals surface area contributed by atoms with Crippen molar-refractivity contribution in [1.82, 2.24) is 5.32 Å². The van der Waals surface area contributed by atoms with Gasteiger partial charge in [0, 0.05) is 18.7 Å². The predicted octanol–water partition coefficient (Wildman–Crippen LogP) is 1.16. The molecule has 0 fully saturated rings. The number of hydrogen-bond acceptors (Lipinski definition) is 3. The average molecular weight is 215 g/mol. The second-order valence-corrected chi connectivity index (χ2v) is 3.53. The quantitative estimate of drug-likeness (QED) is 0.399. The SMILES string of the molecule is CC(=CCNCCCCCCO)C(=O)O. The molecule has 0 radical (unpaired) electrons. The first-order valence-electron chi connectivity index (χ1n) is 5.40. The van der Waals surface area contributed by atoms with Crippen molar-refractivity contribution in [3.8, 4) is 0 Å². The zero-order valence-electron chi connectivity index (χ0n) is 9.33. The highest BCUT2D eigenvalue weighted by Gasteiger charge is 1.97. The molecule has 4 heteroatoms. The summed E-state index contributed by atoms with van der Waals surface area (Å²) >= 11 is 0. The smallest absolute Gasteiger partial charge is 0.330 e. The first-order chi connectivity index (χ1) is 7.18. The fraction of sp³-hybridized carbons (Fsp3) is 0.727. The van der Waals surface area contributed by atoms with E-state index in [0.29, 0.717) is 12.1 Å². The number of carbonyl (C=O) groups is 1. The molecule has 0 unspecified atom stereocenters. The minimum atomic E-state index is -0.861. The van der Waals surface area contributed by atoms with Crippen molar-refractivity contribution in [2.45, 2.75) is 32.6 Å². The van der Waals surface area contributed by atoms with Crippen LogP contribution in [-0.2, 0) is 4.79 Å². The largest absolute Gasteiger partial charge is 0.478 e. The van der Waals surface area contributed by atoms with Gasteiger partial charge in [0.1, 0.15) is 0 Å². The molecule has 0 aromatic heterocycles. The Kier molecular flexibility index (Phi) is 9.11. The Bertz CT molecular complexity index is 202. The molecule has 0 aliphatic carbocycles. The van der Waals surface area contributed by atoms with E-state index < -0.39 is 5.97 Å². The Labute approximate surface area is 91.0 Å². The zero-order valence-corrected chi connectivity index (χ0v) is 9.33. The number of aliphatic hydroxyl groups excluding tert-OH is 1. The van der Waals surface area contributed by atoms with Crippen LogP contribution in [0.3, 0.4) is 0 Å². The van der Waals surface area contributed by atoms with E-state index in [-0.39, 0.29) is 6.61 Å². The van der Waals surface area contributed by atoms with E-state index in [4.69, 9.17) is 10.2 Å². The topological polar surface area (TPSA) is 69.6 Å². The standard InChI is InChI=1S/C11H21NO3/c1-10(11(14)15)6-8-12-7-4-2-3-5-9-13/h6,12-13H,2-5,7-9H2,1H3,(H,14,15). The fourth-order valence-corrected chi connectivity index (χ4v) is 1.13. The van der Waals surface area contributed by atoms with E-state index in [0.717, 1.165) is 32.2 Å². The van der Waals surface area contributed by atoms with Gasteiger partial charge in [-0.1, -0.05) is 18.9 Å². The van der Waals surface area contributed by atoms with Crippen LogP contribution < -0.4 is 5.32 Å². The van der Waals surface area contributed by atoms with E-state index in [1.165, 1.54) is 0 Å². The maximum atomic E-state index is 10.4. The molecule has 0 saturated carbocycles. The molecule has 0 atom stereocenters. The van der Waals surface area contributed by atoms with Crippen LogP contribution in [0.25, 0.3) is 0 Å². The minimum Gasteiger partial charge on any atom is -0.478 e. The molecule has 0 aromatic rings. The third-order valence-electron chi connectivity index (χ3n) is 2.15. The summed E-state index contributed by atoms with van der Waals surface area (Å²) in [5.41, 5.74) is 0.378. The molecule has 0 spiro atoms. The van der Waals surface area contributed by atoms with Gasteiger partial charge in [0.2, 0.25) is 0 Å². The monoisotopic (exact) mass is 215 g/mol. The van der Waals surface area contributed by atoms with Crippen LogP contribution in [0.5, 0.6) is 0 Å². The molecular weight excluding hydrogens is 194 g/mol. The first-order valence-corrected chi connectivity index (χ1v) is 5.40. The number of aliphatic carboxylic acids is 1. The van der Waals surface area contributed by atoms with Gasteiger partial charge in [-0.2, -0.15) is 0 Å². The van der Waals surface area contributed by atoms with Crippen LogP contribution in [0, 0.1) is 0 Å². The van der Waals surface area contributed by atoms with Gasteiger partial charge in [-0.3, -0.25) is 0 Å². The molecule has 3 N–H and O–H groups in total. The minimum absolute atomic E-state index is 0.272. The van der Waals surface area contributed by atoms with Gasteiger partial charge < -0.3 is 15.5 Å². The normalized spacial score (nSPS) is 11.7. The van der Waals surface area contributed by atoms with Crippen molar-refractivity contribution in [3.05, 3.63) is 11.6 Å². The third kappa shape index (κ3) is 9.43. The molecular formula is C11H21NO3. The molecule has 0 aromatic carbocycles. The van der Waals surface area contributed by atoms with E-state index in [2.05, 4.69) is 5.32 Å². The maximum Gasteiger partial charge on any atom is 0.330 e. The molecule has 0 bridgehead atoms. The van der Waals surface area contributed by atoms with Crippen LogP contribution in [0.1, 0.15) is 32.6 Å². The summed E-state index contributed by atoms with van der Waals surface area (Å²) in [5, 5.41) is 20.2. The summed E-state index contributed by atoms with van der Waals surface area (Å²) in [6.45, 7) is 3.37. The van der Waals surface area contributed by atoms with Crippen molar-refractivity contribution in [3.63, 3.8) is 0 Å². The van der Waals surface area contributed by atoms with Crippen LogP contribution in [-0.4, -0.2) is 35.9 Å². The number of rotatable bonds is 9. The molecule has 0 aliphatic heterocycles. The van der Waals surface area contributed by atoms with Crippen LogP contribution in [0.2, 0.25) is 0 Å². The summed E-state index contributed by atoms with van der Waals surface area (Å²) < 4.78 is 0. The van der Waals surface area contributed by atoms with Crippen LogP contribution in [0.15, 0.2) is 11.6 Å². The number of carboxylic acid groups (broad SMARTS) is 1. The van der Waals surface area contributed by atoms with Gasteiger partial charge >= 0.3 is 5.97 Å². The summed E-state index contributed by atoms with van der Waals surface area (Å²) in [7, 11) is 0. The van der Waals surface area contributed by atoms with Crippen molar-refractivity contribution in [1.29, 1.82) is 0 Å². The highest BCUT2D eigenvalue weighted by molar-refractivity contribution is 5.85. The second-order valence-electron chi connectivity index (χ2n) is 3.53. The van der Waals surface area contributed by atoms with Crippen molar-refractivity contribution in [2.24, 2.45) is 0 Å². The molecule has 4 nitrogen and oxygen atoms in total. The highest BCUT2D eigenvalue weighted by atomic mass is 16.4. The van der Waals surface area contributed by atoms with Gasteiger partial charge in [0.15, 0.2) is 0 Å². The number of aliphatic hydroxyl groups is 1. The van der Waals surface area contributed by atoms with Gasteiger partial charge in [-0.05, 0) is 26.3 Å². The Hall–Kier alpha value is -0.870. The van der Waals surface area contributed by atoms with E-state index in [9.17, 15) is 4.79 Å². The number of carboxylic acids is 1. The maximum absolute atomic E-state index is 10.4. The number of nitrogens with one attached hydrogen (secondary N) is 1. The molecule has 0 amide bonds. The number of unbranched alkanes of at least 4 members (excludes halogenated alkanes) is 3. The lowest BCUT2D eigenvalue weighted by atomic mass is 10.2. The second kappa shape index (κ2) is 9.68. The lowest BCUT2D eigenvalue weighted by Gasteiger charge is -2.01. The molecule has 0 rings (SSSR count). The van der Waals surface area contributed by atoms with Crippen molar-refractivity contribution in [2.75, 3.05) is 19.7 Å². The highest BCUT2D eigenvalue weighted by Crippen LogP contribution is 1.97. The van der Waals surface area contributed by atoms with Crippen LogP contribution in [0.4, 0.5) is 0 Å². The first kappa shape index (κ1) is 14.1. The van der Waals surface area contributed by atoms with Gasteiger partial charge in [-0.15, -0.1) is 0 Å². The summed E-state index contributed by atoms with van der Waals surface area (Å²) in [6.07, 6.45) is 5.78. The Balaban J connectivity index is 3.25. The van der Waals surface area contributed by atoms with Gasteiger partial charge in [-0.25, -0.2) is 4.79 Å². The summed E-state index contributed by atoms with van der Waals surface area (Å²) in [4.78, 5) is 10.4. The van der Waals surface area contributed by atoms with Crippen molar-refractivity contribution >= 4 is 5.97 Å². The lowest BCUT2D eigenvalue weighted by molar-refractivity contribution is -0.132. The third-order valence-corrected chi connectivity index (χ3v) is 2.15. The Morgan fingerprint density at radius 2 is 1.93 bits per heavy atom. The summed E-state index contributed by atoms with van der Waals surface area (Å²) in [5.74, 6) is -0.861. The molecule has 0 heterocycles. The fourth-order valence-electron chi connectivity index (χ4n) is 1.13. The van der Waals surface area contributed by atoms with E-state index in [1.807, 2.05) is 0 Å². The Morgan fingerprint density at radius 3 is 2.53 bits per heavy atom. The number of hydrogen-bond donors (Lipinski definition) is 3. The van der Waals surface area contributed by atoms with Gasteiger partial charge in [0.05, 0.1) is 0 Å².